The summed E-state index contributed by atoms with van der Waals surface area (Å²) < 4.78 is 43.3. The van der Waals surface area contributed by atoms with E-state index in [9.17, 15) is 18.0 Å². The molecule has 0 atom stereocenters. The number of hydrogen-bond acceptors (Lipinski definition) is 4. The van der Waals surface area contributed by atoms with Crippen LogP contribution in [0.4, 0.5) is 13.2 Å². The summed E-state index contributed by atoms with van der Waals surface area (Å²) in [4.78, 5) is 14.6. The van der Waals surface area contributed by atoms with Gasteiger partial charge in [0, 0.05) is 0 Å². The van der Waals surface area contributed by atoms with Crippen LogP contribution in [0.15, 0.2) is 12.1 Å². The van der Waals surface area contributed by atoms with Gasteiger partial charge in [0.15, 0.2) is 0 Å². The first-order valence-electron chi connectivity index (χ1n) is 6.13. The quantitative estimate of drug-likeness (QED) is 0.880. The van der Waals surface area contributed by atoms with Crippen LogP contribution in [-0.4, -0.2) is 30.1 Å². The highest BCUT2D eigenvalue weighted by atomic mass is 19.4. The van der Waals surface area contributed by atoms with Crippen molar-refractivity contribution in [2.24, 2.45) is 5.73 Å². The summed E-state index contributed by atoms with van der Waals surface area (Å²) in [6, 6.07) is 1.71. The van der Waals surface area contributed by atoms with Crippen molar-refractivity contribution >= 4 is 5.91 Å². The van der Waals surface area contributed by atoms with E-state index in [0.29, 0.717) is 25.9 Å². The lowest BCUT2D eigenvalue weighted by Gasteiger charge is -2.24. The number of rotatable bonds is 3. The van der Waals surface area contributed by atoms with E-state index in [2.05, 4.69) is 10.3 Å². The lowest BCUT2D eigenvalue weighted by molar-refractivity contribution is -0.141. The number of pyridine rings is 1. The Bertz CT molecular complexity index is 499. The molecule has 1 aliphatic rings. The van der Waals surface area contributed by atoms with Gasteiger partial charge in [0.25, 0.3) is 5.91 Å². The monoisotopic (exact) mass is 289 g/mol. The predicted octanol–water partition coefficient (Wildman–Crippen LogP) is 1.33. The van der Waals surface area contributed by atoms with E-state index in [4.69, 9.17) is 10.5 Å². The van der Waals surface area contributed by atoms with E-state index < -0.39 is 17.8 Å². The van der Waals surface area contributed by atoms with Crippen LogP contribution in [0.5, 0.6) is 5.88 Å². The Labute approximate surface area is 113 Å². The summed E-state index contributed by atoms with van der Waals surface area (Å²) in [5, 5.41) is 3.10. The number of alkyl halides is 3. The Morgan fingerprint density at radius 3 is 2.55 bits per heavy atom. The third-order valence-electron chi connectivity index (χ3n) is 2.98. The number of nitrogens with zero attached hydrogens (tertiary/aromatic N) is 1. The molecule has 1 fully saturated rings. The van der Waals surface area contributed by atoms with Crippen LogP contribution < -0.4 is 15.8 Å². The van der Waals surface area contributed by atoms with Crippen LogP contribution in [0.2, 0.25) is 0 Å². The highest BCUT2D eigenvalue weighted by Crippen LogP contribution is 2.30. The van der Waals surface area contributed by atoms with E-state index >= 15 is 0 Å². The molecule has 0 bridgehead atoms. The molecule has 0 aromatic carbocycles. The molecule has 3 N–H and O–H groups in total. The fourth-order valence-electron chi connectivity index (χ4n) is 1.95. The molecule has 1 aromatic heterocycles. The third kappa shape index (κ3) is 3.38. The Morgan fingerprint density at radius 2 is 2.00 bits per heavy atom. The van der Waals surface area contributed by atoms with Crippen LogP contribution in [0.1, 0.15) is 28.9 Å². The Balaban J connectivity index is 2.29. The molecule has 1 aromatic rings. The molecule has 20 heavy (non-hydrogen) atoms. The molecule has 0 spiro atoms. The second kappa shape index (κ2) is 5.66. The second-order valence-corrected chi connectivity index (χ2v) is 4.48. The van der Waals surface area contributed by atoms with Crippen molar-refractivity contribution in [1.29, 1.82) is 0 Å². The van der Waals surface area contributed by atoms with Gasteiger partial charge in [-0.2, -0.15) is 13.2 Å². The average molecular weight is 289 g/mol. The van der Waals surface area contributed by atoms with Gasteiger partial charge in [-0.1, -0.05) is 0 Å². The third-order valence-corrected chi connectivity index (χ3v) is 2.98. The van der Waals surface area contributed by atoms with Gasteiger partial charge in [-0.15, -0.1) is 0 Å². The van der Waals surface area contributed by atoms with Gasteiger partial charge in [-0.05, 0) is 38.1 Å². The number of halogens is 3. The number of nitrogens with one attached hydrogen (secondary N) is 1. The van der Waals surface area contributed by atoms with E-state index in [0.717, 1.165) is 12.1 Å². The second-order valence-electron chi connectivity index (χ2n) is 4.48. The molecule has 2 heterocycles. The molecule has 0 aliphatic carbocycles. The zero-order valence-corrected chi connectivity index (χ0v) is 10.5. The van der Waals surface area contributed by atoms with Crippen LogP contribution >= 0.6 is 0 Å². The summed E-state index contributed by atoms with van der Waals surface area (Å²) in [6.07, 6.45) is -3.60. The zero-order chi connectivity index (χ0) is 14.8. The van der Waals surface area contributed by atoms with Crippen LogP contribution in [-0.2, 0) is 6.18 Å². The molecule has 1 amide bonds. The van der Waals surface area contributed by atoms with E-state index in [1.165, 1.54) is 0 Å². The Morgan fingerprint density at radius 1 is 1.35 bits per heavy atom. The van der Waals surface area contributed by atoms with Gasteiger partial charge >= 0.3 is 6.18 Å². The average Bonchev–Trinajstić information content (AvgIpc) is 2.38. The van der Waals surface area contributed by atoms with Crippen LogP contribution in [0.25, 0.3) is 0 Å². The van der Waals surface area contributed by atoms with Gasteiger partial charge in [-0.25, -0.2) is 4.98 Å². The summed E-state index contributed by atoms with van der Waals surface area (Å²) in [5.41, 5.74) is 3.88. The number of piperidine rings is 1. The molecule has 8 heteroatoms. The fourth-order valence-corrected chi connectivity index (χ4v) is 1.95. The first kappa shape index (κ1) is 14.6. The number of hydrogen-bond donors (Lipinski definition) is 2. The predicted molar refractivity (Wildman–Crippen MR) is 64.3 cm³/mol. The molecule has 110 valence electrons. The molecule has 0 unspecified atom stereocenters. The minimum absolute atomic E-state index is 0.142. The zero-order valence-electron chi connectivity index (χ0n) is 10.5. The number of carbonyl (C=O) groups is 1. The molecular formula is C12H14F3N3O2. The van der Waals surface area contributed by atoms with E-state index in [-0.39, 0.29) is 17.5 Å². The summed E-state index contributed by atoms with van der Waals surface area (Å²) >= 11 is 0. The maximum atomic E-state index is 12.6. The fraction of sp³-hybridized carbons (Fsp3) is 0.500. The Kier molecular flexibility index (Phi) is 4.12. The highest BCUT2D eigenvalue weighted by Gasteiger charge is 2.34. The first-order valence-corrected chi connectivity index (χ1v) is 6.13. The van der Waals surface area contributed by atoms with Crippen LogP contribution in [0.3, 0.4) is 0 Å². The summed E-state index contributed by atoms with van der Waals surface area (Å²) in [5.74, 6) is -1.21. The minimum atomic E-state index is -4.59. The standard InChI is InChI=1S/C12H14F3N3O2/c13-12(14,15)9-2-1-8(10(16)19)11(18-9)20-7-3-5-17-6-4-7/h1-2,7,17H,3-6H2,(H2,16,19). The van der Waals surface area contributed by atoms with Crippen molar-refractivity contribution in [3.63, 3.8) is 0 Å². The van der Waals surface area contributed by atoms with Crippen molar-refractivity contribution in [1.82, 2.24) is 10.3 Å². The van der Waals surface area contributed by atoms with Crippen molar-refractivity contribution in [3.8, 4) is 5.88 Å². The van der Waals surface area contributed by atoms with Crippen molar-refractivity contribution in [2.45, 2.75) is 25.1 Å². The number of ether oxygens (including phenoxy) is 1. The van der Waals surface area contributed by atoms with Gasteiger partial charge in [0.2, 0.25) is 5.88 Å². The topological polar surface area (TPSA) is 77.2 Å². The molecule has 1 saturated heterocycles. The largest absolute Gasteiger partial charge is 0.474 e. The molecule has 2 rings (SSSR count). The SMILES string of the molecule is NC(=O)c1ccc(C(F)(F)F)nc1OC1CCNCC1. The van der Waals surface area contributed by atoms with Crippen LogP contribution in [0, 0.1) is 0 Å². The van der Waals surface area contributed by atoms with Crippen molar-refractivity contribution in [2.75, 3.05) is 13.1 Å². The van der Waals surface area contributed by atoms with Gasteiger partial charge in [0.05, 0.1) is 0 Å². The summed E-state index contributed by atoms with van der Waals surface area (Å²) in [7, 11) is 0. The first-order chi connectivity index (χ1) is 9.38. The normalized spacial score (nSPS) is 16.9. The molecular weight excluding hydrogens is 275 g/mol. The van der Waals surface area contributed by atoms with E-state index in [1.54, 1.807) is 0 Å². The number of nitrogens with two attached hydrogens (primary N) is 1. The molecule has 0 saturated carbocycles. The van der Waals surface area contributed by atoms with Gasteiger partial charge in [0.1, 0.15) is 17.4 Å². The number of aromatic nitrogens is 1. The minimum Gasteiger partial charge on any atom is -0.474 e. The van der Waals surface area contributed by atoms with Crippen molar-refractivity contribution in [3.05, 3.63) is 23.4 Å². The highest BCUT2D eigenvalue weighted by molar-refractivity contribution is 5.95. The number of primary amides is 1. The molecule has 1 aliphatic heterocycles. The Hall–Kier alpha value is -1.83. The number of amides is 1. The smallest absolute Gasteiger partial charge is 0.433 e. The molecule has 5 nitrogen and oxygen atoms in total. The van der Waals surface area contributed by atoms with Gasteiger partial charge in [-0.3, -0.25) is 4.79 Å². The maximum absolute atomic E-state index is 12.6. The lowest BCUT2D eigenvalue weighted by Crippen LogP contribution is -2.34. The van der Waals surface area contributed by atoms with Crippen molar-refractivity contribution < 1.29 is 22.7 Å². The lowest BCUT2D eigenvalue weighted by atomic mass is 10.1. The maximum Gasteiger partial charge on any atom is 0.433 e. The number of carbonyl (C=O) groups excluding carboxylic acids is 1. The van der Waals surface area contributed by atoms with E-state index in [1.807, 2.05) is 0 Å². The molecule has 0 radical (unpaired) electrons. The summed E-state index contributed by atoms with van der Waals surface area (Å²) in [6.45, 7) is 1.41. The van der Waals surface area contributed by atoms with Gasteiger partial charge < -0.3 is 15.8 Å².